The lowest BCUT2D eigenvalue weighted by Gasteiger charge is -2.46. The summed E-state index contributed by atoms with van der Waals surface area (Å²) >= 11 is 0. The molecule has 1 aromatic heterocycles. The number of rotatable bonds is 8. The summed E-state index contributed by atoms with van der Waals surface area (Å²) in [5.41, 5.74) is 1.06. The zero-order valence-corrected chi connectivity index (χ0v) is 21.4. The number of alkyl halides is 1. The number of likely N-dealkylation sites (tertiary alicyclic amines) is 1. The number of benzene rings is 2. The zero-order valence-electron chi connectivity index (χ0n) is 21.4. The lowest BCUT2D eigenvalue weighted by atomic mass is 9.86. The number of ether oxygens (including phenoxy) is 2. The second kappa shape index (κ2) is 9.64. The second-order valence-corrected chi connectivity index (χ2v) is 11.0. The Morgan fingerprint density at radius 2 is 1.86 bits per heavy atom. The van der Waals surface area contributed by atoms with Gasteiger partial charge >= 0.3 is 0 Å². The quantitative estimate of drug-likeness (QED) is 0.439. The number of nitrogens with zero attached hydrogens (tertiary/aromatic N) is 2. The summed E-state index contributed by atoms with van der Waals surface area (Å²) < 4.78 is 58.0. The van der Waals surface area contributed by atoms with Crippen molar-refractivity contribution in [3.05, 3.63) is 64.9 Å². The maximum absolute atomic E-state index is 15.8. The molecule has 37 heavy (non-hydrogen) atoms. The maximum Gasteiger partial charge on any atom is 0.169 e. The third-order valence-electron chi connectivity index (χ3n) is 8.09. The predicted molar refractivity (Wildman–Crippen MR) is 137 cm³/mol. The Bertz CT molecular complexity index is 1260. The lowest BCUT2D eigenvalue weighted by Crippen LogP contribution is -2.57. The minimum absolute atomic E-state index is 0.00307. The van der Waals surface area contributed by atoms with Gasteiger partial charge in [0.05, 0.1) is 19.3 Å². The molecule has 3 aliphatic heterocycles. The van der Waals surface area contributed by atoms with Crippen molar-refractivity contribution >= 4 is 10.9 Å². The van der Waals surface area contributed by atoms with Crippen LogP contribution in [0.2, 0.25) is 0 Å². The van der Waals surface area contributed by atoms with Crippen LogP contribution in [0.4, 0.5) is 13.2 Å². The number of halogens is 3. The number of aromatic amines is 1. The van der Waals surface area contributed by atoms with Crippen molar-refractivity contribution in [2.45, 2.75) is 57.0 Å². The summed E-state index contributed by atoms with van der Waals surface area (Å²) in [6.07, 6.45) is 2.85. The van der Waals surface area contributed by atoms with Crippen LogP contribution in [0.5, 0.6) is 5.75 Å². The average Bonchev–Trinajstić information content (AvgIpc) is 3.18. The molecule has 198 valence electrons. The van der Waals surface area contributed by atoms with Crippen molar-refractivity contribution in [1.29, 1.82) is 0 Å². The molecule has 0 aliphatic carbocycles. The molecule has 0 radical (unpaired) electrons. The Hall–Kier alpha value is -2.55. The van der Waals surface area contributed by atoms with Crippen LogP contribution in [0.15, 0.2) is 36.4 Å². The first-order chi connectivity index (χ1) is 17.8. The molecule has 1 N–H and O–H groups in total. The molecule has 2 atom stereocenters. The van der Waals surface area contributed by atoms with Gasteiger partial charge in [-0.1, -0.05) is 31.5 Å². The highest BCUT2D eigenvalue weighted by Gasteiger charge is 2.47. The molecule has 0 unspecified atom stereocenters. The molecule has 2 saturated heterocycles. The van der Waals surface area contributed by atoms with Gasteiger partial charge in [-0.15, -0.1) is 0 Å². The van der Waals surface area contributed by atoms with E-state index in [4.69, 9.17) is 9.47 Å². The lowest BCUT2D eigenvalue weighted by molar-refractivity contribution is -0.148. The Labute approximate surface area is 215 Å². The van der Waals surface area contributed by atoms with E-state index in [2.05, 4.69) is 16.8 Å². The molecule has 0 saturated carbocycles. The van der Waals surface area contributed by atoms with Crippen molar-refractivity contribution in [3.63, 3.8) is 0 Å². The minimum atomic E-state index is -1.53. The van der Waals surface area contributed by atoms with E-state index >= 15 is 13.2 Å². The van der Waals surface area contributed by atoms with E-state index in [0.29, 0.717) is 6.42 Å². The summed E-state index contributed by atoms with van der Waals surface area (Å²) in [4.78, 5) is 7.58. The fraction of sp³-hybridized carbons (Fsp3) is 0.517. The normalized spacial score (nSPS) is 24.0. The molecule has 3 aromatic rings. The van der Waals surface area contributed by atoms with Gasteiger partial charge in [-0.05, 0) is 37.9 Å². The maximum atomic E-state index is 15.8. The van der Waals surface area contributed by atoms with Gasteiger partial charge in [0.1, 0.15) is 23.5 Å². The average molecular weight is 514 g/mol. The SMILES string of the molecule is CCCCN1CC(Oc2cc(F)c([C@@H]3c4[nH]c5ccccc5c4C[C@@H](C)N3CC3(F)COC3)c(F)c2)C1. The van der Waals surface area contributed by atoms with Gasteiger partial charge < -0.3 is 14.5 Å². The largest absolute Gasteiger partial charge is 0.488 e. The molecule has 5 nitrogen and oxygen atoms in total. The van der Waals surface area contributed by atoms with E-state index in [0.717, 1.165) is 54.6 Å². The van der Waals surface area contributed by atoms with E-state index < -0.39 is 23.3 Å². The Kier molecular flexibility index (Phi) is 6.45. The van der Waals surface area contributed by atoms with Gasteiger partial charge in [0.25, 0.3) is 0 Å². The van der Waals surface area contributed by atoms with Gasteiger partial charge in [-0.3, -0.25) is 9.80 Å². The summed E-state index contributed by atoms with van der Waals surface area (Å²) in [6, 6.07) is 9.52. The first kappa shape index (κ1) is 24.8. The molecule has 6 rings (SSSR count). The number of H-pyrrole nitrogens is 1. The second-order valence-electron chi connectivity index (χ2n) is 11.0. The summed E-state index contributed by atoms with van der Waals surface area (Å²) in [7, 11) is 0. The number of nitrogens with one attached hydrogen (secondary N) is 1. The van der Waals surface area contributed by atoms with Crippen LogP contribution in [0, 0.1) is 11.6 Å². The first-order valence-corrected chi connectivity index (χ1v) is 13.3. The van der Waals surface area contributed by atoms with Gasteiger partial charge in [0.2, 0.25) is 0 Å². The number of unbranched alkanes of at least 4 members (excludes halogenated alkanes) is 1. The van der Waals surface area contributed by atoms with Crippen LogP contribution >= 0.6 is 0 Å². The standard InChI is InChI=1S/C29H34F3N3O2/c1-3-4-9-34-13-20(14-34)37-19-11-23(30)26(24(31)12-19)28-27-22(21-7-5-6-8-25(21)33-27)10-18(2)35(28)15-29(32)16-36-17-29/h5-8,11-12,18,20,28,33H,3-4,9-10,13-17H2,1-2H3/t18-,28-/m1/s1. The minimum Gasteiger partial charge on any atom is -0.488 e. The summed E-state index contributed by atoms with van der Waals surface area (Å²) in [5, 5.41) is 1.04. The molecular formula is C29H34F3N3O2. The number of hydrogen-bond acceptors (Lipinski definition) is 4. The molecule has 0 bridgehead atoms. The van der Waals surface area contributed by atoms with Crippen molar-refractivity contribution < 1.29 is 22.6 Å². The van der Waals surface area contributed by atoms with Crippen molar-refractivity contribution in [2.24, 2.45) is 0 Å². The number of para-hydroxylation sites is 1. The molecule has 0 spiro atoms. The van der Waals surface area contributed by atoms with Crippen molar-refractivity contribution in [2.75, 3.05) is 39.4 Å². The van der Waals surface area contributed by atoms with Gasteiger partial charge in [0.15, 0.2) is 5.67 Å². The number of aromatic nitrogens is 1. The Morgan fingerprint density at radius 1 is 1.14 bits per heavy atom. The zero-order chi connectivity index (χ0) is 25.7. The first-order valence-electron chi connectivity index (χ1n) is 13.3. The fourth-order valence-corrected chi connectivity index (χ4v) is 6.05. The highest BCUT2D eigenvalue weighted by molar-refractivity contribution is 5.85. The van der Waals surface area contributed by atoms with E-state index in [1.807, 2.05) is 36.1 Å². The van der Waals surface area contributed by atoms with E-state index in [1.54, 1.807) is 0 Å². The topological polar surface area (TPSA) is 40.7 Å². The Balaban J connectivity index is 1.34. The summed E-state index contributed by atoms with van der Waals surface area (Å²) in [6.45, 7) is 6.72. The molecule has 8 heteroatoms. The fourth-order valence-electron chi connectivity index (χ4n) is 6.05. The van der Waals surface area contributed by atoms with Crippen LogP contribution in [0.3, 0.4) is 0 Å². The third kappa shape index (κ3) is 4.53. The Morgan fingerprint density at radius 3 is 2.54 bits per heavy atom. The van der Waals surface area contributed by atoms with E-state index in [1.165, 1.54) is 12.1 Å². The predicted octanol–water partition coefficient (Wildman–Crippen LogP) is 5.38. The van der Waals surface area contributed by atoms with Crippen LogP contribution in [0.25, 0.3) is 10.9 Å². The van der Waals surface area contributed by atoms with Crippen molar-refractivity contribution in [1.82, 2.24) is 14.8 Å². The molecular weight excluding hydrogens is 479 g/mol. The highest BCUT2D eigenvalue weighted by atomic mass is 19.1. The molecule has 0 amide bonds. The van der Waals surface area contributed by atoms with Gasteiger partial charge in [-0.2, -0.15) is 0 Å². The van der Waals surface area contributed by atoms with Gasteiger partial charge in [0, 0.05) is 60.0 Å². The molecule has 2 aromatic carbocycles. The highest BCUT2D eigenvalue weighted by Crippen LogP contribution is 2.44. The van der Waals surface area contributed by atoms with Crippen LogP contribution in [-0.2, 0) is 11.2 Å². The number of hydrogen-bond donors (Lipinski definition) is 1. The smallest absolute Gasteiger partial charge is 0.169 e. The van der Waals surface area contributed by atoms with E-state index in [-0.39, 0.29) is 43.2 Å². The molecule has 4 heterocycles. The summed E-state index contributed by atoms with van der Waals surface area (Å²) in [5.74, 6) is -1.16. The monoisotopic (exact) mass is 513 g/mol. The van der Waals surface area contributed by atoms with Gasteiger partial charge in [-0.25, -0.2) is 13.2 Å². The van der Waals surface area contributed by atoms with Crippen LogP contribution in [-0.4, -0.2) is 72.0 Å². The molecule has 2 fully saturated rings. The van der Waals surface area contributed by atoms with Crippen LogP contribution < -0.4 is 4.74 Å². The van der Waals surface area contributed by atoms with Crippen molar-refractivity contribution in [3.8, 4) is 5.75 Å². The molecule has 3 aliphatic rings. The third-order valence-corrected chi connectivity index (χ3v) is 8.09. The van der Waals surface area contributed by atoms with Crippen LogP contribution in [0.1, 0.15) is 49.6 Å². The number of fused-ring (bicyclic) bond motifs is 3. The van der Waals surface area contributed by atoms with E-state index in [9.17, 15) is 0 Å².